The highest BCUT2D eigenvalue weighted by atomic mass is 32.2. The topological polar surface area (TPSA) is 23.5 Å². The van der Waals surface area contributed by atoms with Crippen LogP contribution in [-0.4, -0.2) is 46.2 Å². The predicted molar refractivity (Wildman–Crippen MR) is 61.8 cm³/mol. The first-order valence-electron chi connectivity index (χ1n) is 5.80. The maximum atomic E-state index is 9.99. The lowest BCUT2D eigenvalue weighted by Gasteiger charge is -2.43. The normalized spacial score (nSPS) is 41.1. The van der Waals surface area contributed by atoms with Crippen LogP contribution >= 0.6 is 11.8 Å². The molecule has 1 N–H and O–H groups in total. The maximum Gasteiger partial charge on any atom is 0.0695 e. The number of thioether (sulfide) groups is 1. The zero-order chi connectivity index (χ0) is 9.97. The van der Waals surface area contributed by atoms with Crippen LogP contribution in [0.15, 0.2) is 0 Å². The van der Waals surface area contributed by atoms with Crippen molar-refractivity contribution in [3.63, 3.8) is 0 Å². The fourth-order valence-corrected chi connectivity index (χ4v) is 3.75. The van der Waals surface area contributed by atoms with E-state index in [-0.39, 0.29) is 6.10 Å². The number of nitrogens with zero attached hydrogens (tertiary/aromatic N) is 1. The molecule has 3 atom stereocenters. The Bertz CT molecular complexity index is 168. The second kappa shape index (κ2) is 4.86. The molecule has 0 amide bonds. The monoisotopic (exact) mass is 215 g/mol. The van der Waals surface area contributed by atoms with Crippen LogP contribution in [-0.2, 0) is 0 Å². The van der Waals surface area contributed by atoms with E-state index in [1.807, 2.05) is 11.8 Å². The maximum absolute atomic E-state index is 9.99. The summed E-state index contributed by atoms with van der Waals surface area (Å²) in [5, 5.41) is 9.99. The van der Waals surface area contributed by atoms with Gasteiger partial charge in [-0.3, -0.25) is 4.90 Å². The van der Waals surface area contributed by atoms with Crippen molar-refractivity contribution in [3.8, 4) is 0 Å². The van der Waals surface area contributed by atoms with Crippen LogP contribution in [0.4, 0.5) is 0 Å². The fourth-order valence-electron chi connectivity index (χ4n) is 2.71. The summed E-state index contributed by atoms with van der Waals surface area (Å²) in [4.78, 5) is 2.54. The Balaban J connectivity index is 1.96. The molecule has 2 aliphatic rings. The molecule has 2 nitrogen and oxygen atoms in total. The summed E-state index contributed by atoms with van der Waals surface area (Å²) >= 11 is 2.05. The molecule has 14 heavy (non-hydrogen) atoms. The lowest BCUT2D eigenvalue weighted by molar-refractivity contribution is 0.00762. The third kappa shape index (κ3) is 2.26. The Labute approximate surface area is 91.1 Å². The smallest absolute Gasteiger partial charge is 0.0695 e. The minimum absolute atomic E-state index is 0.0608. The van der Waals surface area contributed by atoms with Gasteiger partial charge in [0.1, 0.15) is 0 Å². The van der Waals surface area contributed by atoms with Gasteiger partial charge in [0.05, 0.1) is 6.10 Å². The van der Waals surface area contributed by atoms with Gasteiger partial charge in [0.15, 0.2) is 0 Å². The molecule has 82 valence electrons. The van der Waals surface area contributed by atoms with Crippen LogP contribution in [0, 0.1) is 0 Å². The standard InChI is InChI=1S/C11H21NOS/c1-9-8-14-7-6-12(9)10-4-2-3-5-11(10)13/h9-11,13H,2-8H2,1H3/t9?,10-,11-/m0/s1. The van der Waals surface area contributed by atoms with Crippen molar-refractivity contribution >= 4 is 11.8 Å². The van der Waals surface area contributed by atoms with Crippen LogP contribution < -0.4 is 0 Å². The van der Waals surface area contributed by atoms with Crippen LogP contribution in [0.25, 0.3) is 0 Å². The van der Waals surface area contributed by atoms with Crippen LogP contribution in [0.2, 0.25) is 0 Å². The minimum atomic E-state index is -0.0608. The Morgan fingerprint density at radius 1 is 1.29 bits per heavy atom. The predicted octanol–water partition coefficient (Wildman–Crippen LogP) is 1.73. The molecule has 1 saturated heterocycles. The molecule has 2 fully saturated rings. The van der Waals surface area contributed by atoms with E-state index in [2.05, 4.69) is 11.8 Å². The lowest BCUT2D eigenvalue weighted by atomic mass is 9.90. The third-order valence-corrected chi connectivity index (χ3v) is 4.73. The molecule has 1 aliphatic heterocycles. The SMILES string of the molecule is CC1CSCCN1[C@H]1CCCC[C@@H]1O. The second-order valence-corrected chi connectivity index (χ2v) is 5.73. The van der Waals surface area contributed by atoms with Gasteiger partial charge in [-0.25, -0.2) is 0 Å². The van der Waals surface area contributed by atoms with E-state index >= 15 is 0 Å². The van der Waals surface area contributed by atoms with Gasteiger partial charge in [-0.2, -0.15) is 11.8 Å². The van der Waals surface area contributed by atoms with Crippen LogP contribution in [0.1, 0.15) is 32.6 Å². The van der Waals surface area contributed by atoms with Crippen LogP contribution in [0.5, 0.6) is 0 Å². The van der Waals surface area contributed by atoms with Gasteiger partial charge in [-0.05, 0) is 19.8 Å². The Morgan fingerprint density at radius 2 is 2.07 bits per heavy atom. The summed E-state index contributed by atoms with van der Waals surface area (Å²) in [5.74, 6) is 2.48. The fraction of sp³-hybridized carbons (Fsp3) is 1.00. The minimum Gasteiger partial charge on any atom is -0.391 e. The lowest BCUT2D eigenvalue weighted by Crippen LogP contribution is -2.52. The molecule has 0 aromatic heterocycles. The summed E-state index contributed by atoms with van der Waals surface area (Å²) in [6, 6.07) is 1.12. The van der Waals surface area contributed by atoms with Crippen molar-refractivity contribution in [1.29, 1.82) is 0 Å². The molecular formula is C11H21NOS. The average molecular weight is 215 g/mol. The Morgan fingerprint density at radius 3 is 2.79 bits per heavy atom. The molecule has 0 spiro atoms. The van der Waals surface area contributed by atoms with E-state index in [1.54, 1.807) is 0 Å². The van der Waals surface area contributed by atoms with E-state index in [4.69, 9.17) is 0 Å². The summed E-state index contributed by atoms with van der Waals surface area (Å²) < 4.78 is 0. The number of hydrogen-bond acceptors (Lipinski definition) is 3. The molecular weight excluding hydrogens is 194 g/mol. The first kappa shape index (κ1) is 10.8. The van der Waals surface area contributed by atoms with Gasteiger partial charge in [0.2, 0.25) is 0 Å². The van der Waals surface area contributed by atoms with Crippen LogP contribution in [0.3, 0.4) is 0 Å². The van der Waals surface area contributed by atoms with Crippen molar-refractivity contribution < 1.29 is 5.11 Å². The molecule has 2 rings (SSSR count). The van der Waals surface area contributed by atoms with Gasteiger partial charge in [0, 0.05) is 30.1 Å². The van der Waals surface area contributed by atoms with Gasteiger partial charge >= 0.3 is 0 Å². The molecule has 1 saturated carbocycles. The summed E-state index contributed by atoms with van der Waals surface area (Å²) in [5.41, 5.74) is 0. The number of rotatable bonds is 1. The van der Waals surface area contributed by atoms with Crippen molar-refractivity contribution in [2.45, 2.75) is 50.8 Å². The van der Waals surface area contributed by atoms with E-state index in [1.165, 1.54) is 37.3 Å². The van der Waals surface area contributed by atoms with E-state index in [9.17, 15) is 5.11 Å². The first-order chi connectivity index (χ1) is 6.79. The molecule has 0 bridgehead atoms. The second-order valence-electron chi connectivity index (χ2n) is 4.58. The highest BCUT2D eigenvalue weighted by molar-refractivity contribution is 7.99. The molecule has 1 heterocycles. The highest BCUT2D eigenvalue weighted by Gasteiger charge is 2.32. The van der Waals surface area contributed by atoms with Gasteiger partial charge in [0.25, 0.3) is 0 Å². The van der Waals surface area contributed by atoms with Gasteiger partial charge in [-0.15, -0.1) is 0 Å². The Kier molecular flexibility index (Phi) is 3.74. The summed E-state index contributed by atoms with van der Waals surface area (Å²) in [7, 11) is 0. The first-order valence-corrected chi connectivity index (χ1v) is 6.96. The number of hydrogen-bond donors (Lipinski definition) is 1. The molecule has 3 heteroatoms. The van der Waals surface area contributed by atoms with E-state index in [0.29, 0.717) is 12.1 Å². The molecule has 0 aromatic carbocycles. The quantitative estimate of drug-likeness (QED) is 0.720. The van der Waals surface area contributed by atoms with Gasteiger partial charge in [-0.1, -0.05) is 12.8 Å². The summed E-state index contributed by atoms with van der Waals surface area (Å²) in [6.45, 7) is 3.47. The average Bonchev–Trinajstić information content (AvgIpc) is 2.20. The van der Waals surface area contributed by atoms with E-state index in [0.717, 1.165) is 6.42 Å². The number of aliphatic hydroxyl groups excluding tert-OH is 1. The molecule has 1 unspecified atom stereocenters. The number of aliphatic hydroxyl groups is 1. The zero-order valence-electron chi connectivity index (χ0n) is 8.98. The molecule has 0 radical (unpaired) electrons. The molecule has 1 aliphatic carbocycles. The van der Waals surface area contributed by atoms with Crippen molar-refractivity contribution in [1.82, 2.24) is 4.90 Å². The van der Waals surface area contributed by atoms with Gasteiger partial charge < -0.3 is 5.11 Å². The van der Waals surface area contributed by atoms with Crippen molar-refractivity contribution in [2.24, 2.45) is 0 Å². The zero-order valence-corrected chi connectivity index (χ0v) is 9.80. The highest BCUT2D eigenvalue weighted by Crippen LogP contribution is 2.27. The van der Waals surface area contributed by atoms with E-state index < -0.39 is 0 Å². The molecule has 0 aromatic rings. The largest absolute Gasteiger partial charge is 0.391 e. The Hall–Kier alpha value is 0.270. The van der Waals surface area contributed by atoms with Crippen molar-refractivity contribution in [2.75, 3.05) is 18.1 Å². The summed E-state index contributed by atoms with van der Waals surface area (Å²) in [6.07, 6.45) is 4.68. The third-order valence-electron chi connectivity index (χ3n) is 3.54. The van der Waals surface area contributed by atoms with Crippen molar-refractivity contribution in [3.05, 3.63) is 0 Å².